The SMILES string of the molecule is CC(=O)C(CC(=O)O)C(C)CCC(=O)O. The zero-order valence-corrected chi connectivity index (χ0v) is 8.90. The first-order valence-electron chi connectivity index (χ1n) is 4.78. The van der Waals surface area contributed by atoms with Gasteiger partial charge in [-0.15, -0.1) is 0 Å². The van der Waals surface area contributed by atoms with Crippen molar-refractivity contribution in [3.63, 3.8) is 0 Å². The summed E-state index contributed by atoms with van der Waals surface area (Å²) < 4.78 is 0. The van der Waals surface area contributed by atoms with Crippen LogP contribution in [-0.2, 0) is 14.4 Å². The van der Waals surface area contributed by atoms with E-state index in [9.17, 15) is 14.4 Å². The van der Waals surface area contributed by atoms with Gasteiger partial charge >= 0.3 is 11.9 Å². The van der Waals surface area contributed by atoms with Crippen LogP contribution in [0.15, 0.2) is 0 Å². The Balaban J connectivity index is 4.28. The molecule has 0 amide bonds. The number of carboxylic acids is 2. The molecule has 2 unspecified atom stereocenters. The van der Waals surface area contributed by atoms with Gasteiger partial charge in [-0.1, -0.05) is 6.92 Å². The van der Waals surface area contributed by atoms with E-state index in [1.807, 2.05) is 0 Å². The Bertz CT molecular complexity index is 259. The number of carbonyl (C=O) groups is 3. The van der Waals surface area contributed by atoms with Crippen LogP contribution >= 0.6 is 0 Å². The molecule has 0 aromatic rings. The molecule has 86 valence electrons. The van der Waals surface area contributed by atoms with E-state index in [-0.39, 0.29) is 24.5 Å². The second-order valence-corrected chi connectivity index (χ2v) is 3.72. The molecule has 0 heterocycles. The summed E-state index contributed by atoms with van der Waals surface area (Å²) in [6, 6.07) is 0. The van der Waals surface area contributed by atoms with Crippen LogP contribution in [0.3, 0.4) is 0 Å². The first-order valence-corrected chi connectivity index (χ1v) is 4.78. The number of carbonyl (C=O) groups excluding carboxylic acids is 1. The predicted octanol–water partition coefficient (Wildman–Crippen LogP) is 1.17. The van der Waals surface area contributed by atoms with E-state index in [4.69, 9.17) is 10.2 Å². The van der Waals surface area contributed by atoms with Gasteiger partial charge in [-0.3, -0.25) is 14.4 Å². The number of Topliss-reactive ketones (excluding diaryl/α,β-unsaturated/α-hetero) is 1. The van der Waals surface area contributed by atoms with Crippen LogP contribution in [-0.4, -0.2) is 27.9 Å². The maximum Gasteiger partial charge on any atom is 0.304 e. The van der Waals surface area contributed by atoms with Crippen LogP contribution in [0, 0.1) is 11.8 Å². The highest BCUT2D eigenvalue weighted by Crippen LogP contribution is 2.21. The lowest BCUT2D eigenvalue weighted by Crippen LogP contribution is -2.23. The molecule has 0 saturated carbocycles. The largest absolute Gasteiger partial charge is 0.481 e. The van der Waals surface area contributed by atoms with Crippen LogP contribution in [0.1, 0.15) is 33.1 Å². The fraction of sp³-hybridized carbons (Fsp3) is 0.700. The molecule has 2 N–H and O–H groups in total. The summed E-state index contributed by atoms with van der Waals surface area (Å²) in [6.07, 6.45) is 0.0630. The Kier molecular flexibility index (Phi) is 5.59. The molecule has 0 rings (SSSR count). The smallest absolute Gasteiger partial charge is 0.304 e. The molecule has 0 aliphatic carbocycles. The minimum absolute atomic E-state index is 0.0371. The van der Waals surface area contributed by atoms with Gasteiger partial charge in [-0.05, 0) is 19.3 Å². The fourth-order valence-corrected chi connectivity index (χ4v) is 1.49. The van der Waals surface area contributed by atoms with Crippen molar-refractivity contribution >= 4 is 17.7 Å². The van der Waals surface area contributed by atoms with Crippen molar-refractivity contribution in [2.24, 2.45) is 11.8 Å². The van der Waals surface area contributed by atoms with Crippen LogP contribution in [0.2, 0.25) is 0 Å². The van der Waals surface area contributed by atoms with Crippen molar-refractivity contribution in [2.75, 3.05) is 0 Å². The van der Waals surface area contributed by atoms with E-state index in [0.717, 1.165) is 0 Å². The summed E-state index contributed by atoms with van der Waals surface area (Å²) in [4.78, 5) is 32.0. The highest BCUT2D eigenvalue weighted by atomic mass is 16.4. The molecule has 0 aromatic heterocycles. The van der Waals surface area contributed by atoms with Crippen LogP contribution in [0.25, 0.3) is 0 Å². The Morgan fingerprint density at radius 3 is 2.00 bits per heavy atom. The third-order valence-electron chi connectivity index (χ3n) is 2.42. The molecule has 0 spiro atoms. The molecule has 2 atom stereocenters. The van der Waals surface area contributed by atoms with Gasteiger partial charge in [0.05, 0.1) is 6.42 Å². The molecule has 15 heavy (non-hydrogen) atoms. The van der Waals surface area contributed by atoms with Crippen molar-refractivity contribution in [3.05, 3.63) is 0 Å². The van der Waals surface area contributed by atoms with Crippen molar-refractivity contribution in [2.45, 2.75) is 33.1 Å². The fourth-order valence-electron chi connectivity index (χ4n) is 1.49. The second-order valence-electron chi connectivity index (χ2n) is 3.72. The third kappa shape index (κ3) is 5.83. The van der Waals surface area contributed by atoms with Gasteiger partial charge in [-0.25, -0.2) is 0 Å². The van der Waals surface area contributed by atoms with Crippen molar-refractivity contribution in [1.82, 2.24) is 0 Å². The van der Waals surface area contributed by atoms with E-state index >= 15 is 0 Å². The summed E-state index contributed by atoms with van der Waals surface area (Å²) >= 11 is 0. The molecule has 0 aliphatic rings. The molecule has 0 radical (unpaired) electrons. The Morgan fingerprint density at radius 1 is 1.13 bits per heavy atom. The Labute approximate surface area is 88.1 Å². The summed E-state index contributed by atoms with van der Waals surface area (Å²) in [6.45, 7) is 3.04. The van der Waals surface area contributed by atoms with Gasteiger partial charge in [-0.2, -0.15) is 0 Å². The summed E-state index contributed by atoms with van der Waals surface area (Å²) in [7, 11) is 0. The average molecular weight is 216 g/mol. The summed E-state index contributed by atoms with van der Waals surface area (Å²) in [5.74, 6) is -2.95. The number of carboxylic acid groups (broad SMARTS) is 2. The topological polar surface area (TPSA) is 91.7 Å². The van der Waals surface area contributed by atoms with Gasteiger partial charge in [0.15, 0.2) is 0 Å². The predicted molar refractivity (Wildman–Crippen MR) is 52.5 cm³/mol. The van der Waals surface area contributed by atoms with Gasteiger partial charge < -0.3 is 10.2 Å². The Morgan fingerprint density at radius 2 is 1.67 bits per heavy atom. The third-order valence-corrected chi connectivity index (χ3v) is 2.42. The quantitative estimate of drug-likeness (QED) is 0.666. The van der Waals surface area contributed by atoms with Crippen molar-refractivity contribution in [1.29, 1.82) is 0 Å². The minimum atomic E-state index is -1.03. The van der Waals surface area contributed by atoms with Gasteiger partial charge in [0.2, 0.25) is 0 Å². The molecule has 0 saturated heterocycles. The van der Waals surface area contributed by atoms with E-state index < -0.39 is 17.9 Å². The van der Waals surface area contributed by atoms with E-state index in [0.29, 0.717) is 6.42 Å². The van der Waals surface area contributed by atoms with E-state index in [1.54, 1.807) is 6.92 Å². The van der Waals surface area contributed by atoms with Crippen LogP contribution < -0.4 is 0 Å². The van der Waals surface area contributed by atoms with Crippen LogP contribution in [0.4, 0.5) is 0 Å². The first kappa shape index (κ1) is 13.6. The van der Waals surface area contributed by atoms with E-state index in [2.05, 4.69) is 0 Å². The number of rotatable bonds is 7. The lowest BCUT2D eigenvalue weighted by atomic mass is 9.85. The number of aliphatic carboxylic acids is 2. The molecule has 0 aromatic carbocycles. The normalized spacial score (nSPS) is 14.3. The minimum Gasteiger partial charge on any atom is -0.481 e. The lowest BCUT2D eigenvalue weighted by molar-refractivity contribution is -0.141. The standard InChI is InChI=1S/C10H16O5/c1-6(3-4-9(12)13)8(7(2)11)5-10(14)15/h6,8H,3-5H2,1-2H3,(H,12,13)(H,14,15). The van der Waals surface area contributed by atoms with Crippen molar-refractivity contribution in [3.8, 4) is 0 Å². The summed E-state index contributed by atoms with van der Waals surface area (Å²) in [5, 5.41) is 17.1. The Hall–Kier alpha value is -1.39. The molecule has 5 nitrogen and oxygen atoms in total. The average Bonchev–Trinajstić information content (AvgIpc) is 2.09. The molecular weight excluding hydrogens is 200 g/mol. The number of hydrogen-bond acceptors (Lipinski definition) is 3. The molecular formula is C10H16O5. The van der Waals surface area contributed by atoms with Gasteiger partial charge in [0.1, 0.15) is 5.78 Å². The zero-order chi connectivity index (χ0) is 12.0. The zero-order valence-electron chi connectivity index (χ0n) is 8.90. The number of ketones is 1. The van der Waals surface area contributed by atoms with Crippen molar-refractivity contribution < 1.29 is 24.6 Å². The maximum atomic E-state index is 11.2. The second kappa shape index (κ2) is 6.16. The van der Waals surface area contributed by atoms with Gasteiger partial charge in [0, 0.05) is 12.3 Å². The highest BCUT2D eigenvalue weighted by Gasteiger charge is 2.24. The monoisotopic (exact) mass is 216 g/mol. The van der Waals surface area contributed by atoms with Gasteiger partial charge in [0.25, 0.3) is 0 Å². The first-order chi connectivity index (χ1) is 6.84. The van der Waals surface area contributed by atoms with Crippen LogP contribution in [0.5, 0.6) is 0 Å². The molecule has 0 bridgehead atoms. The number of hydrogen-bond donors (Lipinski definition) is 2. The van der Waals surface area contributed by atoms with E-state index in [1.165, 1.54) is 6.92 Å². The lowest BCUT2D eigenvalue weighted by Gasteiger charge is -2.18. The summed E-state index contributed by atoms with van der Waals surface area (Å²) in [5.41, 5.74) is 0. The maximum absolute atomic E-state index is 11.2. The highest BCUT2D eigenvalue weighted by molar-refractivity contribution is 5.83. The molecule has 0 aliphatic heterocycles. The molecule has 5 heteroatoms. The molecule has 0 fully saturated rings.